The van der Waals surface area contributed by atoms with E-state index in [1.165, 1.54) is 0 Å². The normalized spacial score (nSPS) is 13.0. The van der Waals surface area contributed by atoms with E-state index in [0.717, 1.165) is 77.7 Å². The highest BCUT2D eigenvalue weighted by Crippen LogP contribution is 2.53. The zero-order valence-corrected chi connectivity index (χ0v) is 36.4. The maximum atomic E-state index is 5.42. The molecule has 0 unspecified atom stereocenters. The van der Waals surface area contributed by atoms with Gasteiger partial charge in [-0.25, -0.2) is 29.9 Å². The Morgan fingerprint density at radius 1 is 0.373 bits per heavy atom. The van der Waals surface area contributed by atoms with Gasteiger partial charge in [0.25, 0.3) is 0 Å². The van der Waals surface area contributed by atoms with Crippen molar-refractivity contribution in [2.24, 2.45) is 0 Å². The summed E-state index contributed by atoms with van der Waals surface area (Å²) in [6, 6.07) is 59.2. The summed E-state index contributed by atoms with van der Waals surface area (Å²) in [5, 5.41) is 2.15. The van der Waals surface area contributed by atoms with Crippen LogP contribution in [0.25, 0.3) is 94.9 Å². The Labute approximate surface area is 385 Å². The van der Waals surface area contributed by atoms with Crippen molar-refractivity contribution in [2.75, 3.05) is 4.90 Å². The van der Waals surface area contributed by atoms with Crippen LogP contribution < -0.4 is 4.90 Å². The first kappa shape index (κ1) is 38.4. The second-order valence-corrected chi connectivity index (χ2v) is 17.3. The van der Waals surface area contributed by atoms with Gasteiger partial charge in [0, 0.05) is 52.1 Å². The van der Waals surface area contributed by atoms with Gasteiger partial charge in [-0.3, -0.25) is 9.47 Å². The fourth-order valence-corrected chi connectivity index (χ4v) is 9.80. The molecule has 6 heterocycles. The van der Waals surface area contributed by atoms with Gasteiger partial charge in [0.05, 0.1) is 22.4 Å². The largest absolute Gasteiger partial charge is 0.278 e. The van der Waals surface area contributed by atoms with E-state index < -0.39 is 5.41 Å². The summed E-state index contributed by atoms with van der Waals surface area (Å²) in [5.74, 6) is 0.974. The van der Waals surface area contributed by atoms with Gasteiger partial charge in [-0.05, 0) is 57.6 Å². The average molecular weight is 863 g/mol. The van der Waals surface area contributed by atoms with Gasteiger partial charge >= 0.3 is 0 Å². The van der Waals surface area contributed by atoms with E-state index in [4.69, 9.17) is 39.9 Å². The van der Waals surface area contributed by atoms with Crippen LogP contribution in [0.2, 0.25) is 0 Å². The number of hydrogen-bond donors (Lipinski definition) is 0. The lowest BCUT2D eigenvalue weighted by Gasteiger charge is -2.41. The molecule has 316 valence electrons. The quantitative estimate of drug-likeness (QED) is 0.161. The van der Waals surface area contributed by atoms with Gasteiger partial charge in [0.15, 0.2) is 11.3 Å². The molecule has 0 saturated carbocycles. The zero-order valence-electron chi connectivity index (χ0n) is 36.4. The van der Waals surface area contributed by atoms with Crippen molar-refractivity contribution < 1.29 is 0 Å². The summed E-state index contributed by atoms with van der Waals surface area (Å²) >= 11 is 0. The predicted molar refractivity (Wildman–Crippen MR) is 267 cm³/mol. The maximum absolute atomic E-state index is 5.42. The maximum Gasteiger partial charge on any atom is 0.237 e. The molecule has 7 aromatic carbocycles. The number of benzene rings is 7. The topological polar surface area (TPSA) is 111 Å². The molecule has 0 radical (unpaired) electrons. The number of para-hydroxylation sites is 2. The van der Waals surface area contributed by atoms with Crippen LogP contribution in [0.4, 0.5) is 17.3 Å². The molecule has 0 amide bonds. The number of nitrogens with zero attached hydrogens (tertiary/aromatic N) is 10. The van der Waals surface area contributed by atoms with Crippen LogP contribution in [0.3, 0.4) is 0 Å². The van der Waals surface area contributed by atoms with Crippen molar-refractivity contribution in [2.45, 2.75) is 19.3 Å². The summed E-state index contributed by atoms with van der Waals surface area (Å²) in [6.07, 6.45) is 6.76. The molecule has 0 saturated heterocycles. The molecule has 12 aromatic rings. The van der Waals surface area contributed by atoms with Crippen molar-refractivity contribution in [3.63, 3.8) is 0 Å². The monoisotopic (exact) mass is 862 g/mol. The van der Waals surface area contributed by atoms with Crippen molar-refractivity contribution in [3.8, 4) is 50.7 Å². The summed E-state index contributed by atoms with van der Waals surface area (Å²) < 4.78 is 2.15. The Kier molecular flexibility index (Phi) is 8.63. The summed E-state index contributed by atoms with van der Waals surface area (Å²) in [4.78, 5) is 42.4. The van der Waals surface area contributed by atoms with Gasteiger partial charge < -0.3 is 0 Å². The molecule has 10 heteroatoms. The molecule has 10 nitrogen and oxygen atoms in total. The number of anilines is 3. The third kappa shape index (κ3) is 6.18. The van der Waals surface area contributed by atoms with Gasteiger partial charge in [-0.1, -0.05) is 159 Å². The fourth-order valence-electron chi connectivity index (χ4n) is 9.80. The Morgan fingerprint density at radius 3 is 1.49 bits per heavy atom. The van der Waals surface area contributed by atoms with Crippen LogP contribution in [0, 0.1) is 0 Å². The molecule has 1 aliphatic rings. The molecule has 0 fully saturated rings. The van der Waals surface area contributed by atoms with Crippen molar-refractivity contribution in [1.29, 1.82) is 0 Å². The van der Waals surface area contributed by atoms with E-state index in [-0.39, 0.29) is 0 Å². The minimum Gasteiger partial charge on any atom is -0.278 e. The van der Waals surface area contributed by atoms with Crippen LogP contribution in [-0.4, -0.2) is 44.4 Å². The van der Waals surface area contributed by atoms with Crippen LogP contribution >= 0.6 is 0 Å². The van der Waals surface area contributed by atoms with Crippen LogP contribution in [0.5, 0.6) is 0 Å². The highest BCUT2D eigenvalue weighted by molar-refractivity contribution is 6.11. The summed E-state index contributed by atoms with van der Waals surface area (Å²) in [7, 11) is 0. The molecule has 0 bridgehead atoms. The van der Waals surface area contributed by atoms with Gasteiger partial charge in [-0.15, -0.1) is 0 Å². The molecule has 0 N–H and O–H groups in total. The number of fused-ring (bicyclic) bond motifs is 7. The van der Waals surface area contributed by atoms with Crippen LogP contribution in [0.15, 0.2) is 195 Å². The molecule has 0 atom stereocenters. The first-order valence-electron chi connectivity index (χ1n) is 22.2. The number of rotatable bonds is 6. The Hall–Kier alpha value is -9.02. The SMILES string of the molecule is CC1(C)c2ccccc2N(c2nc(-c3ccc(-c4ccccc4)cc3)c3nccnc3n2)c2cc3c(cc21)c1ccccc1n3-c1nc(-c2ccc(-c3ccccc3)cc2)c2nccnc2n1. The lowest BCUT2D eigenvalue weighted by Crippen LogP contribution is -2.31. The van der Waals surface area contributed by atoms with Crippen molar-refractivity contribution in [1.82, 2.24) is 44.4 Å². The molecule has 0 spiro atoms. The molecule has 13 rings (SSSR count). The van der Waals surface area contributed by atoms with E-state index in [1.807, 2.05) is 12.1 Å². The van der Waals surface area contributed by atoms with Crippen LogP contribution in [-0.2, 0) is 5.41 Å². The van der Waals surface area contributed by atoms with Crippen molar-refractivity contribution in [3.05, 3.63) is 206 Å². The molecular formula is C57H38N10. The van der Waals surface area contributed by atoms with E-state index >= 15 is 0 Å². The standard InChI is InChI=1S/C57H38N10/c1-57(2)43-18-10-12-20-46(43)67(56-63-50(52-54(65-56)61-32-30-59-52)40-27-23-38(24-28-40)36-15-7-4-8-16-36)48-34-47-42(33-44(48)57)41-17-9-11-19-45(41)66(47)55-62-49(51-53(64-55)60-31-29-58-51)39-25-21-37(22-26-39)35-13-5-3-6-14-35/h3-34H,1-2H3. The average Bonchev–Trinajstić information content (AvgIpc) is 3.72. The second-order valence-electron chi connectivity index (χ2n) is 17.3. The third-order valence-electron chi connectivity index (χ3n) is 13.1. The molecule has 5 aromatic heterocycles. The zero-order chi connectivity index (χ0) is 44.6. The highest BCUT2D eigenvalue weighted by Gasteiger charge is 2.39. The van der Waals surface area contributed by atoms with E-state index in [1.54, 1.807) is 24.8 Å². The van der Waals surface area contributed by atoms with E-state index in [0.29, 0.717) is 45.6 Å². The minimum absolute atomic E-state index is 0.402. The van der Waals surface area contributed by atoms with Crippen LogP contribution in [0.1, 0.15) is 25.0 Å². The highest BCUT2D eigenvalue weighted by atomic mass is 15.3. The second kappa shape index (κ2) is 15.0. The predicted octanol–water partition coefficient (Wildman–Crippen LogP) is 13.0. The molecular weight excluding hydrogens is 825 g/mol. The first-order chi connectivity index (χ1) is 33.0. The van der Waals surface area contributed by atoms with Crippen molar-refractivity contribution >= 4 is 61.5 Å². The molecule has 0 aliphatic carbocycles. The van der Waals surface area contributed by atoms with Gasteiger partial charge in [0.2, 0.25) is 11.9 Å². The lowest BCUT2D eigenvalue weighted by atomic mass is 9.73. The number of aromatic nitrogens is 9. The van der Waals surface area contributed by atoms with Gasteiger partial charge in [-0.2, -0.15) is 9.97 Å². The fraction of sp³-hybridized carbons (Fsp3) is 0.0526. The Bertz CT molecular complexity index is 3890. The summed E-state index contributed by atoms with van der Waals surface area (Å²) in [5.41, 5.74) is 15.7. The van der Waals surface area contributed by atoms with Gasteiger partial charge in [0.1, 0.15) is 22.4 Å². The van der Waals surface area contributed by atoms with E-state index in [9.17, 15) is 0 Å². The first-order valence-corrected chi connectivity index (χ1v) is 22.2. The Balaban J connectivity index is 1.04. The third-order valence-corrected chi connectivity index (χ3v) is 13.1. The molecule has 67 heavy (non-hydrogen) atoms. The lowest BCUT2D eigenvalue weighted by molar-refractivity contribution is 0.632. The smallest absolute Gasteiger partial charge is 0.237 e. The van der Waals surface area contributed by atoms with E-state index in [2.05, 4.69) is 181 Å². The Morgan fingerprint density at radius 2 is 0.866 bits per heavy atom. The number of hydrogen-bond acceptors (Lipinski definition) is 9. The molecule has 1 aliphatic heterocycles. The summed E-state index contributed by atoms with van der Waals surface area (Å²) in [6.45, 7) is 4.58. The minimum atomic E-state index is -0.402.